The molecule has 0 spiro atoms. The van der Waals surface area contributed by atoms with Gasteiger partial charge in [0.05, 0.1) is 56.5 Å². The first-order chi connectivity index (χ1) is 21.0. The molecule has 4 aromatic heterocycles. The summed E-state index contributed by atoms with van der Waals surface area (Å²) in [5.41, 5.74) is 3.02. The number of amides is 1. The summed E-state index contributed by atoms with van der Waals surface area (Å²) >= 11 is 3.06. The maximum atomic E-state index is 13.1. The highest BCUT2D eigenvalue weighted by molar-refractivity contribution is 7.91. The lowest BCUT2D eigenvalue weighted by atomic mass is 10.0. The Hall–Kier alpha value is -3.42. The average molecular weight is 653 g/mol. The number of hydrogen-bond donors (Lipinski definition) is 1. The van der Waals surface area contributed by atoms with Crippen molar-refractivity contribution in [1.29, 1.82) is 0 Å². The number of sulfone groups is 1. The van der Waals surface area contributed by atoms with Gasteiger partial charge in [-0.2, -0.15) is 0 Å². The number of aromatic nitrogens is 4. The molecule has 0 bridgehead atoms. The van der Waals surface area contributed by atoms with Crippen molar-refractivity contribution in [2.24, 2.45) is 13.0 Å². The highest BCUT2D eigenvalue weighted by atomic mass is 32.2. The fourth-order valence-electron chi connectivity index (χ4n) is 6.14. The van der Waals surface area contributed by atoms with Crippen LogP contribution in [0.4, 0.5) is 10.3 Å². The molecule has 6 rings (SSSR count). The van der Waals surface area contributed by atoms with Gasteiger partial charge in [-0.25, -0.2) is 18.4 Å². The summed E-state index contributed by atoms with van der Waals surface area (Å²) in [7, 11) is -1.66. The highest BCUT2D eigenvalue weighted by Gasteiger charge is 2.38. The number of nitrogens with zero attached hydrogens (tertiary/aromatic N) is 5. The molecule has 0 unspecified atom stereocenters. The Balaban J connectivity index is 1.18. The molecule has 232 valence electrons. The normalized spacial score (nSPS) is 17.0. The van der Waals surface area contributed by atoms with E-state index >= 15 is 0 Å². The zero-order chi connectivity index (χ0) is 31.2. The topological polar surface area (TPSA) is 127 Å². The second kappa shape index (κ2) is 12.2. The number of aryl methyl sites for hydroxylation is 1. The van der Waals surface area contributed by atoms with E-state index in [1.807, 2.05) is 18.5 Å². The fraction of sp³-hybridized carbons (Fsp3) is 0.452. The Morgan fingerprint density at radius 1 is 1.09 bits per heavy atom. The number of carbonyl (C=O) groups is 1. The monoisotopic (exact) mass is 652 g/mol. The molecule has 0 saturated heterocycles. The van der Waals surface area contributed by atoms with E-state index in [1.165, 1.54) is 11.3 Å². The van der Waals surface area contributed by atoms with Crippen molar-refractivity contribution in [2.45, 2.75) is 76.3 Å². The molecule has 1 saturated carbocycles. The van der Waals surface area contributed by atoms with Crippen LogP contribution in [0, 0.1) is 5.92 Å². The summed E-state index contributed by atoms with van der Waals surface area (Å²) < 4.78 is 27.1. The smallest absolute Gasteiger partial charge is 0.250 e. The molecule has 0 radical (unpaired) electrons. The van der Waals surface area contributed by atoms with Crippen molar-refractivity contribution in [3.8, 4) is 10.4 Å². The van der Waals surface area contributed by atoms with Crippen LogP contribution in [-0.2, 0) is 34.6 Å². The predicted molar refractivity (Wildman–Crippen MR) is 174 cm³/mol. The van der Waals surface area contributed by atoms with Gasteiger partial charge in [-0.1, -0.05) is 56.3 Å². The quantitative estimate of drug-likeness (QED) is 0.244. The number of anilines is 2. The van der Waals surface area contributed by atoms with Gasteiger partial charge in [-0.3, -0.25) is 14.6 Å². The minimum Gasteiger partial charge on any atom is -0.334 e. The third-order valence-corrected chi connectivity index (χ3v) is 12.2. The van der Waals surface area contributed by atoms with Gasteiger partial charge in [0.1, 0.15) is 0 Å². The van der Waals surface area contributed by atoms with Gasteiger partial charge in [-0.05, 0) is 37.0 Å². The zero-order valence-corrected chi connectivity index (χ0v) is 27.7. The minimum absolute atomic E-state index is 0.00901. The van der Waals surface area contributed by atoms with Crippen LogP contribution < -0.4 is 15.8 Å². The lowest BCUT2D eigenvalue weighted by Crippen LogP contribution is -2.26. The van der Waals surface area contributed by atoms with Gasteiger partial charge < -0.3 is 14.8 Å². The molecular formula is C31H36N6O4S3. The van der Waals surface area contributed by atoms with Crippen molar-refractivity contribution in [3.05, 3.63) is 69.0 Å². The first-order valence-corrected chi connectivity index (χ1v) is 18.2. The maximum absolute atomic E-state index is 13.1. The van der Waals surface area contributed by atoms with Crippen LogP contribution in [0.1, 0.15) is 80.4 Å². The van der Waals surface area contributed by atoms with Gasteiger partial charge in [0, 0.05) is 37.0 Å². The van der Waals surface area contributed by atoms with Crippen LogP contribution in [0.5, 0.6) is 0 Å². The lowest BCUT2D eigenvalue weighted by Gasteiger charge is -2.27. The van der Waals surface area contributed by atoms with Crippen LogP contribution in [0.2, 0.25) is 0 Å². The number of fused-ring (bicyclic) bond motifs is 1. The molecule has 1 amide bonds. The SMILES string of the molecule is CCS(=O)(=O)c1ccc(CC(=O)Nc2nc3c(s2)CN(c2ncc(-c4ccc(=O)n(C)c4)s2)[C@H]3C(C)C)nc1C1CCCC1. The number of hydrogen-bond acceptors (Lipinski definition) is 10. The Morgan fingerprint density at radius 2 is 1.86 bits per heavy atom. The van der Waals surface area contributed by atoms with E-state index < -0.39 is 9.84 Å². The number of pyridine rings is 2. The van der Waals surface area contributed by atoms with Crippen molar-refractivity contribution in [3.63, 3.8) is 0 Å². The van der Waals surface area contributed by atoms with Crippen LogP contribution >= 0.6 is 22.7 Å². The van der Waals surface area contributed by atoms with E-state index in [1.54, 1.807) is 48.1 Å². The molecule has 1 aliphatic heterocycles. The van der Waals surface area contributed by atoms with E-state index in [9.17, 15) is 18.0 Å². The van der Waals surface area contributed by atoms with Crippen LogP contribution in [0.15, 0.2) is 46.3 Å². The van der Waals surface area contributed by atoms with Crippen LogP contribution in [0.3, 0.4) is 0 Å². The van der Waals surface area contributed by atoms with Gasteiger partial charge in [0.25, 0.3) is 0 Å². The molecule has 10 nitrogen and oxygen atoms in total. The maximum Gasteiger partial charge on any atom is 0.250 e. The predicted octanol–water partition coefficient (Wildman–Crippen LogP) is 5.71. The summed E-state index contributed by atoms with van der Waals surface area (Å²) in [6.07, 6.45) is 7.67. The van der Waals surface area contributed by atoms with Crippen molar-refractivity contribution < 1.29 is 13.2 Å². The molecule has 1 atom stereocenters. The largest absolute Gasteiger partial charge is 0.334 e. The van der Waals surface area contributed by atoms with Crippen molar-refractivity contribution >= 4 is 48.7 Å². The molecule has 5 heterocycles. The molecule has 1 aliphatic carbocycles. The molecule has 2 aliphatic rings. The standard InChI is InChI=1S/C31H36N6O4S3/c1-5-44(40,41)24-12-11-21(33-27(24)19-8-6-7-9-19)14-25(38)34-30-35-28-23(42-30)17-37(29(28)18(2)3)31-32-15-22(43-31)20-10-13-26(39)36(4)16-20/h10-13,15-16,18-19,29H,5-9,14,17H2,1-4H3,(H,34,35,38)/t29-/m0/s1. The van der Waals surface area contributed by atoms with Crippen LogP contribution in [0.25, 0.3) is 10.4 Å². The number of nitrogens with one attached hydrogen (secondary N) is 1. The summed E-state index contributed by atoms with van der Waals surface area (Å²) in [5, 5.41) is 4.41. The highest BCUT2D eigenvalue weighted by Crippen LogP contribution is 2.46. The molecule has 0 aromatic carbocycles. The second-order valence-electron chi connectivity index (χ2n) is 11.8. The summed E-state index contributed by atoms with van der Waals surface area (Å²) in [4.78, 5) is 43.9. The second-order valence-corrected chi connectivity index (χ2v) is 16.2. The molecule has 1 fully saturated rings. The van der Waals surface area contributed by atoms with Crippen LogP contribution in [-0.4, -0.2) is 39.6 Å². The van der Waals surface area contributed by atoms with E-state index in [-0.39, 0.29) is 41.5 Å². The van der Waals surface area contributed by atoms with Gasteiger partial charge in [-0.15, -0.1) is 0 Å². The summed E-state index contributed by atoms with van der Waals surface area (Å²) in [5.74, 6) is 0.162. The van der Waals surface area contributed by atoms with Gasteiger partial charge in [0.2, 0.25) is 11.5 Å². The minimum atomic E-state index is -3.40. The Kier molecular flexibility index (Phi) is 8.46. The first kappa shape index (κ1) is 30.6. The van der Waals surface area contributed by atoms with E-state index in [4.69, 9.17) is 15.0 Å². The molecule has 13 heteroatoms. The fourth-order valence-corrected chi connectivity index (χ4v) is 9.21. The zero-order valence-electron chi connectivity index (χ0n) is 25.2. The molecule has 1 N–H and O–H groups in total. The van der Waals surface area contributed by atoms with Crippen molar-refractivity contribution in [2.75, 3.05) is 16.0 Å². The average Bonchev–Trinajstić information content (AvgIpc) is 3.78. The lowest BCUT2D eigenvalue weighted by molar-refractivity contribution is -0.115. The third kappa shape index (κ3) is 5.96. The van der Waals surface area contributed by atoms with Gasteiger partial charge >= 0.3 is 0 Å². The molecule has 44 heavy (non-hydrogen) atoms. The Morgan fingerprint density at radius 3 is 2.57 bits per heavy atom. The molecule has 4 aromatic rings. The Labute approximate surface area is 265 Å². The summed E-state index contributed by atoms with van der Waals surface area (Å²) in [6.45, 7) is 6.60. The van der Waals surface area contributed by atoms with E-state index in [2.05, 4.69) is 24.1 Å². The first-order valence-electron chi connectivity index (χ1n) is 15.0. The van der Waals surface area contributed by atoms with Gasteiger partial charge in [0.15, 0.2) is 20.1 Å². The number of rotatable bonds is 9. The number of carbonyl (C=O) groups excluding carboxylic acids is 1. The number of thiazole rings is 2. The van der Waals surface area contributed by atoms with E-state index in [0.29, 0.717) is 28.0 Å². The Bertz CT molecular complexity index is 1870. The summed E-state index contributed by atoms with van der Waals surface area (Å²) in [6, 6.07) is 6.69. The molecular weight excluding hydrogens is 617 g/mol. The third-order valence-electron chi connectivity index (χ3n) is 8.39. The van der Waals surface area contributed by atoms with E-state index in [0.717, 1.165) is 51.8 Å². The van der Waals surface area contributed by atoms with Crippen molar-refractivity contribution in [1.82, 2.24) is 19.5 Å².